The lowest BCUT2D eigenvalue weighted by Crippen LogP contribution is -2.18. The minimum atomic E-state index is -1.03. The number of rotatable bonds is 3. The topological polar surface area (TPSA) is 59.3 Å². The van der Waals surface area contributed by atoms with Crippen LogP contribution >= 0.6 is 11.6 Å². The summed E-state index contributed by atoms with van der Waals surface area (Å²) in [5.41, 5.74) is 2.54. The van der Waals surface area contributed by atoms with E-state index >= 15 is 0 Å². The second-order valence-electron chi connectivity index (χ2n) is 5.38. The van der Waals surface area contributed by atoms with Gasteiger partial charge in [-0.3, -0.25) is 4.79 Å². The van der Waals surface area contributed by atoms with Crippen molar-refractivity contribution in [2.24, 2.45) is 7.05 Å². The van der Waals surface area contributed by atoms with Crippen LogP contribution in [0.1, 0.15) is 10.4 Å². The third-order valence-electron chi connectivity index (χ3n) is 3.87. The summed E-state index contributed by atoms with van der Waals surface area (Å²) in [6, 6.07) is 17.1. The van der Waals surface area contributed by atoms with Crippen LogP contribution in [0.2, 0.25) is 5.02 Å². The summed E-state index contributed by atoms with van der Waals surface area (Å²) in [4.78, 5) is 23.8. The number of pyridine rings is 1. The average Bonchev–Trinajstić information content (AvgIpc) is 2.58. The quantitative estimate of drug-likeness (QED) is 0.782. The standard InChI is InChI=1S/C19H14ClNO3/c1-21-17(15-4-2-3-5-16(15)19(23)24)10-13(11-18(21)22)12-6-8-14(20)9-7-12/h2-11H,1H3,(H,23,24). The molecule has 0 aliphatic carbocycles. The van der Waals surface area contributed by atoms with Crippen molar-refractivity contribution in [1.82, 2.24) is 4.57 Å². The molecule has 0 saturated heterocycles. The van der Waals surface area contributed by atoms with Gasteiger partial charge in [0.1, 0.15) is 0 Å². The minimum Gasteiger partial charge on any atom is -0.478 e. The maximum absolute atomic E-state index is 12.3. The number of aromatic nitrogens is 1. The molecule has 0 saturated carbocycles. The molecule has 3 aromatic rings. The first kappa shape index (κ1) is 16.0. The maximum Gasteiger partial charge on any atom is 0.336 e. The molecule has 3 rings (SSSR count). The first-order valence-electron chi connectivity index (χ1n) is 7.27. The van der Waals surface area contributed by atoms with Crippen LogP contribution in [0.4, 0.5) is 0 Å². The van der Waals surface area contributed by atoms with E-state index in [1.54, 1.807) is 37.4 Å². The molecule has 0 fully saturated rings. The first-order chi connectivity index (χ1) is 11.5. The number of hydrogen-bond donors (Lipinski definition) is 1. The predicted molar refractivity (Wildman–Crippen MR) is 94.5 cm³/mol. The Labute approximate surface area is 143 Å². The van der Waals surface area contributed by atoms with Gasteiger partial charge < -0.3 is 9.67 Å². The molecular weight excluding hydrogens is 326 g/mol. The summed E-state index contributed by atoms with van der Waals surface area (Å²) in [5, 5.41) is 10.0. The zero-order valence-corrected chi connectivity index (χ0v) is 13.6. The zero-order valence-electron chi connectivity index (χ0n) is 12.9. The fourth-order valence-corrected chi connectivity index (χ4v) is 2.72. The number of benzene rings is 2. The second-order valence-corrected chi connectivity index (χ2v) is 5.82. The number of nitrogens with zero attached hydrogens (tertiary/aromatic N) is 1. The Morgan fingerprint density at radius 3 is 2.33 bits per heavy atom. The molecule has 2 aromatic carbocycles. The molecule has 0 unspecified atom stereocenters. The van der Waals surface area contributed by atoms with Gasteiger partial charge in [0.25, 0.3) is 5.56 Å². The lowest BCUT2D eigenvalue weighted by molar-refractivity contribution is 0.0697. The van der Waals surface area contributed by atoms with Gasteiger partial charge in [0.2, 0.25) is 0 Å². The van der Waals surface area contributed by atoms with Crippen LogP contribution in [-0.2, 0) is 7.05 Å². The number of hydrogen-bond acceptors (Lipinski definition) is 2. The van der Waals surface area contributed by atoms with Crippen LogP contribution in [0.5, 0.6) is 0 Å². The molecule has 0 spiro atoms. The monoisotopic (exact) mass is 339 g/mol. The van der Waals surface area contributed by atoms with Crippen LogP contribution in [-0.4, -0.2) is 15.6 Å². The van der Waals surface area contributed by atoms with Crippen molar-refractivity contribution in [2.45, 2.75) is 0 Å². The molecule has 1 aromatic heterocycles. The van der Waals surface area contributed by atoms with E-state index < -0.39 is 5.97 Å². The normalized spacial score (nSPS) is 10.6. The summed E-state index contributed by atoms with van der Waals surface area (Å²) in [5.74, 6) is -1.03. The molecule has 120 valence electrons. The Balaban J connectivity index is 2.25. The fraction of sp³-hybridized carbons (Fsp3) is 0.0526. The SMILES string of the molecule is Cn1c(-c2ccccc2C(=O)O)cc(-c2ccc(Cl)cc2)cc1=O. The summed E-state index contributed by atoms with van der Waals surface area (Å²) in [6.45, 7) is 0. The van der Waals surface area contributed by atoms with Gasteiger partial charge in [-0.2, -0.15) is 0 Å². The minimum absolute atomic E-state index is 0.153. The molecule has 1 heterocycles. The van der Waals surface area contributed by atoms with E-state index in [4.69, 9.17) is 11.6 Å². The predicted octanol–water partition coefficient (Wildman–Crippen LogP) is 4.07. The van der Waals surface area contributed by atoms with Gasteiger partial charge in [-0.15, -0.1) is 0 Å². The van der Waals surface area contributed by atoms with E-state index in [2.05, 4.69) is 0 Å². The van der Waals surface area contributed by atoms with E-state index in [0.29, 0.717) is 21.8 Å². The Bertz CT molecular complexity index is 975. The van der Waals surface area contributed by atoms with E-state index in [9.17, 15) is 14.7 Å². The van der Waals surface area contributed by atoms with E-state index in [1.165, 1.54) is 16.7 Å². The molecule has 0 radical (unpaired) electrons. The molecule has 0 atom stereocenters. The van der Waals surface area contributed by atoms with Crippen LogP contribution in [0.25, 0.3) is 22.4 Å². The number of carbonyl (C=O) groups is 1. The van der Waals surface area contributed by atoms with Gasteiger partial charge >= 0.3 is 5.97 Å². The molecular formula is C19H14ClNO3. The zero-order chi connectivity index (χ0) is 17.3. The van der Waals surface area contributed by atoms with E-state index in [0.717, 1.165) is 5.56 Å². The van der Waals surface area contributed by atoms with Crippen LogP contribution in [0, 0.1) is 0 Å². The van der Waals surface area contributed by atoms with Crippen molar-refractivity contribution in [3.63, 3.8) is 0 Å². The molecule has 0 aliphatic rings. The van der Waals surface area contributed by atoms with Crippen LogP contribution in [0.3, 0.4) is 0 Å². The van der Waals surface area contributed by atoms with Crippen molar-refractivity contribution in [3.05, 3.63) is 81.6 Å². The summed E-state index contributed by atoms with van der Waals surface area (Å²) >= 11 is 5.91. The van der Waals surface area contributed by atoms with Crippen molar-refractivity contribution < 1.29 is 9.90 Å². The summed E-state index contributed by atoms with van der Waals surface area (Å²) in [7, 11) is 1.63. The number of aromatic carboxylic acids is 1. The summed E-state index contributed by atoms with van der Waals surface area (Å²) in [6.07, 6.45) is 0. The highest BCUT2D eigenvalue weighted by molar-refractivity contribution is 6.30. The fourth-order valence-electron chi connectivity index (χ4n) is 2.59. The van der Waals surface area contributed by atoms with Gasteiger partial charge in [0.05, 0.1) is 11.3 Å². The molecule has 4 nitrogen and oxygen atoms in total. The van der Waals surface area contributed by atoms with Crippen molar-refractivity contribution >= 4 is 17.6 Å². The van der Waals surface area contributed by atoms with Crippen molar-refractivity contribution in [1.29, 1.82) is 0 Å². The Morgan fingerprint density at radius 2 is 1.67 bits per heavy atom. The molecule has 0 aliphatic heterocycles. The van der Waals surface area contributed by atoms with E-state index in [1.807, 2.05) is 18.2 Å². The van der Waals surface area contributed by atoms with Gasteiger partial charge in [0, 0.05) is 23.7 Å². The maximum atomic E-state index is 12.3. The first-order valence-corrected chi connectivity index (χ1v) is 7.65. The summed E-state index contributed by atoms with van der Waals surface area (Å²) < 4.78 is 1.45. The van der Waals surface area contributed by atoms with E-state index in [-0.39, 0.29) is 11.1 Å². The van der Waals surface area contributed by atoms with Crippen LogP contribution < -0.4 is 5.56 Å². The third-order valence-corrected chi connectivity index (χ3v) is 4.13. The highest BCUT2D eigenvalue weighted by atomic mass is 35.5. The Hall–Kier alpha value is -2.85. The van der Waals surface area contributed by atoms with Gasteiger partial charge in [0.15, 0.2) is 0 Å². The molecule has 0 bridgehead atoms. The van der Waals surface area contributed by atoms with Gasteiger partial charge in [-0.05, 0) is 35.4 Å². The average molecular weight is 340 g/mol. The largest absolute Gasteiger partial charge is 0.478 e. The highest BCUT2D eigenvalue weighted by Gasteiger charge is 2.15. The molecule has 1 N–H and O–H groups in total. The third kappa shape index (κ3) is 2.96. The molecule has 5 heteroatoms. The number of halogens is 1. The lowest BCUT2D eigenvalue weighted by Gasteiger charge is -2.13. The molecule has 0 amide bonds. The Kier molecular flexibility index (Phi) is 4.23. The van der Waals surface area contributed by atoms with Crippen molar-refractivity contribution in [3.8, 4) is 22.4 Å². The molecule has 24 heavy (non-hydrogen) atoms. The number of carboxylic acids is 1. The smallest absolute Gasteiger partial charge is 0.336 e. The van der Waals surface area contributed by atoms with Gasteiger partial charge in [-0.25, -0.2) is 4.79 Å². The lowest BCUT2D eigenvalue weighted by atomic mass is 10.00. The highest BCUT2D eigenvalue weighted by Crippen LogP contribution is 2.27. The Morgan fingerprint density at radius 1 is 1.00 bits per heavy atom. The van der Waals surface area contributed by atoms with Gasteiger partial charge in [-0.1, -0.05) is 41.9 Å². The second kappa shape index (κ2) is 6.34. The van der Waals surface area contributed by atoms with Crippen molar-refractivity contribution in [2.75, 3.05) is 0 Å². The van der Waals surface area contributed by atoms with Crippen LogP contribution in [0.15, 0.2) is 65.5 Å². The number of carboxylic acid groups (broad SMARTS) is 1.